The van der Waals surface area contributed by atoms with E-state index in [-0.39, 0.29) is 11.7 Å². The summed E-state index contributed by atoms with van der Waals surface area (Å²) in [6, 6.07) is 17.1. The predicted octanol–water partition coefficient (Wildman–Crippen LogP) is 3.81. The Labute approximate surface area is 141 Å². The van der Waals surface area contributed by atoms with Crippen molar-refractivity contribution < 1.29 is 4.39 Å². The van der Waals surface area contributed by atoms with E-state index < -0.39 is 0 Å². The number of H-pyrrole nitrogens is 1. The molecule has 3 rings (SSSR count). The summed E-state index contributed by atoms with van der Waals surface area (Å²) in [6.07, 6.45) is 4.32. The summed E-state index contributed by atoms with van der Waals surface area (Å²) in [5.74, 6) is 0.900. The molecule has 3 aromatic rings. The van der Waals surface area contributed by atoms with E-state index in [9.17, 15) is 4.39 Å². The van der Waals surface area contributed by atoms with Gasteiger partial charge in [0, 0.05) is 30.7 Å². The molecule has 0 fully saturated rings. The number of hydrogen-bond acceptors (Lipinski definition) is 2. The Balaban J connectivity index is 1.79. The van der Waals surface area contributed by atoms with E-state index >= 15 is 0 Å². The molecule has 0 radical (unpaired) electrons. The van der Waals surface area contributed by atoms with Crippen LogP contribution in [0.15, 0.2) is 60.8 Å². The molecule has 2 aromatic carbocycles. The minimum Gasteiger partial charge on any atom is -0.346 e. The van der Waals surface area contributed by atoms with Crippen molar-refractivity contribution in [1.82, 2.24) is 9.97 Å². The lowest BCUT2D eigenvalue weighted by atomic mass is 9.87. The smallest absolute Gasteiger partial charge is 0.123 e. The lowest BCUT2D eigenvalue weighted by Gasteiger charge is -2.17. The highest BCUT2D eigenvalue weighted by Gasteiger charge is 2.15. The molecule has 0 spiro atoms. The van der Waals surface area contributed by atoms with Gasteiger partial charge in [-0.25, -0.2) is 9.37 Å². The fourth-order valence-electron chi connectivity index (χ4n) is 3.03. The van der Waals surface area contributed by atoms with Crippen LogP contribution in [0.25, 0.3) is 0 Å². The first-order valence-electron chi connectivity index (χ1n) is 8.29. The third kappa shape index (κ3) is 4.09. The summed E-state index contributed by atoms with van der Waals surface area (Å²) in [5, 5.41) is 0. The molecular formula is C20H22FN3. The first-order chi connectivity index (χ1) is 11.8. The monoisotopic (exact) mass is 323 g/mol. The molecule has 1 atom stereocenters. The maximum atomic E-state index is 13.7. The number of benzene rings is 2. The molecule has 24 heavy (non-hydrogen) atoms. The Morgan fingerprint density at radius 1 is 1.00 bits per heavy atom. The van der Waals surface area contributed by atoms with Crippen LogP contribution in [0.3, 0.4) is 0 Å². The Morgan fingerprint density at radius 2 is 1.79 bits per heavy atom. The second-order valence-electron chi connectivity index (χ2n) is 5.95. The van der Waals surface area contributed by atoms with E-state index in [4.69, 9.17) is 5.73 Å². The average Bonchev–Trinajstić information content (AvgIpc) is 3.04. The molecule has 1 heterocycles. The molecule has 124 valence electrons. The van der Waals surface area contributed by atoms with Gasteiger partial charge in [0.15, 0.2) is 0 Å². The highest BCUT2D eigenvalue weighted by molar-refractivity contribution is 5.32. The summed E-state index contributed by atoms with van der Waals surface area (Å²) >= 11 is 0. The van der Waals surface area contributed by atoms with E-state index in [1.807, 2.05) is 30.5 Å². The van der Waals surface area contributed by atoms with Gasteiger partial charge >= 0.3 is 0 Å². The van der Waals surface area contributed by atoms with Crippen LogP contribution in [0.2, 0.25) is 0 Å². The highest BCUT2D eigenvalue weighted by atomic mass is 19.1. The quantitative estimate of drug-likeness (QED) is 0.694. The van der Waals surface area contributed by atoms with Crippen molar-refractivity contribution in [3.63, 3.8) is 0 Å². The number of rotatable bonds is 7. The van der Waals surface area contributed by atoms with Crippen molar-refractivity contribution in [2.24, 2.45) is 5.73 Å². The number of imidazole rings is 1. The second kappa shape index (κ2) is 7.88. The molecule has 3 nitrogen and oxygen atoms in total. The summed E-state index contributed by atoms with van der Waals surface area (Å²) in [5.41, 5.74) is 8.83. The zero-order valence-corrected chi connectivity index (χ0v) is 13.6. The summed E-state index contributed by atoms with van der Waals surface area (Å²) < 4.78 is 13.7. The number of aryl methyl sites for hydroxylation is 1. The van der Waals surface area contributed by atoms with Crippen molar-refractivity contribution in [1.29, 1.82) is 0 Å². The van der Waals surface area contributed by atoms with Crippen LogP contribution in [0.1, 0.15) is 35.0 Å². The lowest BCUT2D eigenvalue weighted by molar-refractivity contribution is 0.619. The van der Waals surface area contributed by atoms with E-state index in [1.165, 1.54) is 11.6 Å². The Morgan fingerprint density at radius 3 is 2.54 bits per heavy atom. The van der Waals surface area contributed by atoms with E-state index in [0.29, 0.717) is 6.54 Å². The molecule has 3 N–H and O–H groups in total. The van der Waals surface area contributed by atoms with Gasteiger partial charge in [0.1, 0.15) is 11.6 Å². The van der Waals surface area contributed by atoms with Crippen LogP contribution >= 0.6 is 0 Å². The van der Waals surface area contributed by atoms with Crippen molar-refractivity contribution in [2.45, 2.75) is 25.2 Å². The van der Waals surface area contributed by atoms with Gasteiger partial charge < -0.3 is 10.7 Å². The Kier molecular flexibility index (Phi) is 5.39. The van der Waals surface area contributed by atoms with Gasteiger partial charge in [-0.2, -0.15) is 0 Å². The van der Waals surface area contributed by atoms with Crippen molar-refractivity contribution in [3.05, 3.63) is 89.3 Å². The SMILES string of the molecule is NCCc1cnc(CCC(c2ccccc2)c2cccc(F)c2)[nH]1. The van der Waals surface area contributed by atoms with E-state index in [1.54, 1.807) is 12.1 Å². The number of nitrogens with zero attached hydrogens (tertiary/aromatic N) is 1. The molecular weight excluding hydrogens is 301 g/mol. The topological polar surface area (TPSA) is 54.7 Å². The molecule has 0 amide bonds. The number of aromatic nitrogens is 2. The number of nitrogens with two attached hydrogens (primary N) is 1. The molecule has 0 aliphatic rings. The first-order valence-corrected chi connectivity index (χ1v) is 8.29. The van der Waals surface area contributed by atoms with Gasteiger partial charge in [0.05, 0.1) is 0 Å². The summed E-state index contributed by atoms with van der Waals surface area (Å²) in [4.78, 5) is 7.75. The molecule has 1 unspecified atom stereocenters. The zero-order chi connectivity index (χ0) is 16.8. The van der Waals surface area contributed by atoms with Gasteiger partial charge in [-0.05, 0) is 36.2 Å². The van der Waals surface area contributed by atoms with Gasteiger partial charge in [-0.3, -0.25) is 0 Å². The molecule has 0 aliphatic carbocycles. The number of hydrogen-bond donors (Lipinski definition) is 2. The van der Waals surface area contributed by atoms with Gasteiger partial charge in [-0.1, -0.05) is 42.5 Å². The van der Waals surface area contributed by atoms with Gasteiger partial charge in [0.2, 0.25) is 0 Å². The van der Waals surface area contributed by atoms with Crippen LogP contribution in [0.4, 0.5) is 4.39 Å². The standard InChI is InChI=1S/C20H22FN3/c21-17-8-4-7-16(13-17)19(15-5-2-1-3-6-15)9-10-20-23-14-18(24-20)11-12-22/h1-8,13-14,19H,9-12,22H2,(H,23,24). The highest BCUT2D eigenvalue weighted by Crippen LogP contribution is 2.29. The molecule has 0 saturated carbocycles. The normalized spacial score (nSPS) is 12.2. The van der Waals surface area contributed by atoms with Gasteiger partial charge in [0.25, 0.3) is 0 Å². The molecule has 4 heteroatoms. The minimum atomic E-state index is -0.198. The third-order valence-corrected chi connectivity index (χ3v) is 4.22. The first kappa shape index (κ1) is 16.4. The second-order valence-corrected chi connectivity index (χ2v) is 5.95. The van der Waals surface area contributed by atoms with Crippen LogP contribution < -0.4 is 5.73 Å². The zero-order valence-electron chi connectivity index (χ0n) is 13.6. The van der Waals surface area contributed by atoms with Crippen LogP contribution in [-0.2, 0) is 12.8 Å². The van der Waals surface area contributed by atoms with Crippen LogP contribution in [0, 0.1) is 5.82 Å². The van der Waals surface area contributed by atoms with E-state index in [2.05, 4.69) is 22.1 Å². The van der Waals surface area contributed by atoms with Crippen molar-refractivity contribution in [2.75, 3.05) is 6.54 Å². The summed E-state index contributed by atoms with van der Waals surface area (Å²) in [6.45, 7) is 0.609. The number of aromatic amines is 1. The van der Waals surface area contributed by atoms with Crippen molar-refractivity contribution in [3.8, 4) is 0 Å². The Bertz CT molecular complexity index is 767. The minimum absolute atomic E-state index is 0.143. The van der Waals surface area contributed by atoms with Crippen LogP contribution in [0.5, 0.6) is 0 Å². The van der Waals surface area contributed by atoms with E-state index in [0.717, 1.165) is 36.3 Å². The Hall–Kier alpha value is -2.46. The lowest BCUT2D eigenvalue weighted by Crippen LogP contribution is -2.05. The van der Waals surface area contributed by atoms with Gasteiger partial charge in [-0.15, -0.1) is 0 Å². The van der Waals surface area contributed by atoms with Crippen LogP contribution in [-0.4, -0.2) is 16.5 Å². The molecule has 1 aromatic heterocycles. The third-order valence-electron chi connectivity index (χ3n) is 4.22. The predicted molar refractivity (Wildman–Crippen MR) is 94.4 cm³/mol. The average molecular weight is 323 g/mol. The maximum Gasteiger partial charge on any atom is 0.123 e. The maximum absolute atomic E-state index is 13.7. The van der Waals surface area contributed by atoms with Crippen molar-refractivity contribution >= 4 is 0 Å². The number of halogens is 1. The molecule has 0 bridgehead atoms. The fraction of sp³-hybridized carbons (Fsp3) is 0.250. The largest absolute Gasteiger partial charge is 0.346 e. The molecule has 0 saturated heterocycles. The summed E-state index contributed by atoms with van der Waals surface area (Å²) in [7, 11) is 0. The number of nitrogens with one attached hydrogen (secondary N) is 1. The fourth-order valence-corrected chi connectivity index (χ4v) is 3.03. The molecule has 0 aliphatic heterocycles.